The Labute approximate surface area is 189 Å². The second kappa shape index (κ2) is 8.94. The van der Waals surface area contributed by atoms with Crippen molar-refractivity contribution in [2.45, 2.75) is 6.54 Å². The fraction of sp³-hybridized carbons (Fsp3) is 0.125. The lowest BCUT2D eigenvalue weighted by atomic mass is 10.1. The molecule has 3 aromatic carbocycles. The largest absolute Gasteiger partial charge is 0.497 e. The van der Waals surface area contributed by atoms with Crippen LogP contribution in [0.15, 0.2) is 77.3 Å². The van der Waals surface area contributed by atoms with E-state index in [2.05, 4.69) is 22.0 Å². The summed E-state index contributed by atoms with van der Waals surface area (Å²) in [5.74, 6) is 1.58. The Kier molecular flexibility index (Phi) is 6.11. The van der Waals surface area contributed by atoms with Crippen molar-refractivity contribution >= 4 is 27.5 Å². The molecule has 0 aliphatic rings. The van der Waals surface area contributed by atoms with Crippen LogP contribution in [0.4, 0.5) is 0 Å². The molecule has 1 aromatic heterocycles. The molecular formula is C24H20BrClN2O2. The molecule has 0 fully saturated rings. The second-order valence-corrected chi connectivity index (χ2v) is 7.99. The maximum Gasteiger partial charge on any atom is 0.119 e. The Bertz CT molecular complexity index is 1170. The molecule has 6 heteroatoms. The molecule has 0 aliphatic heterocycles. The molecule has 0 N–H and O–H groups in total. The minimum Gasteiger partial charge on any atom is -0.497 e. The van der Waals surface area contributed by atoms with Gasteiger partial charge in [-0.05, 0) is 57.9 Å². The van der Waals surface area contributed by atoms with Gasteiger partial charge in [-0.25, -0.2) is 0 Å². The first-order valence-corrected chi connectivity index (χ1v) is 10.6. The fourth-order valence-electron chi connectivity index (χ4n) is 3.32. The van der Waals surface area contributed by atoms with Gasteiger partial charge in [-0.2, -0.15) is 5.10 Å². The smallest absolute Gasteiger partial charge is 0.119 e. The molecule has 0 amide bonds. The normalized spacial score (nSPS) is 10.8. The van der Waals surface area contributed by atoms with Crippen LogP contribution in [0.2, 0.25) is 5.02 Å². The van der Waals surface area contributed by atoms with Gasteiger partial charge in [0.1, 0.15) is 17.2 Å². The molecule has 0 saturated heterocycles. The van der Waals surface area contributed by atoms with Crippen molar-refractivity contribution in [1.29, 1.82) is 0 Å². The van der Waals surface area contributed by atoms with E-state index >= 15 is 0 Å². The third-order valence-corrected chi connectivity index (χ3v) is 5.83. The van der Waals surface area contributed by atoms with Gasteiger partial charge >= 0.3 is 0 Å². The van der Waals surface area contributed by atoms with Gasteiger partial charge in [0.25, 0.3) is 0 Å². The van der Waals surface area contributed by atoms with Crippen molar-refractivity contribution in [3.8, 4) is 34.0 Å². The van der Waals surface area contributed by atoms with Gasteiger partial charge in [0.2, 0.25) is 0 Å². The number of hydrogen-bond donors (Lipinski definition) is 0. The van der Waals surface area contributed by atoms with Crippen molar-refractivity contribution in [3.05, 3.63) is 87.9 Å². The summed E-state index contributed by atoms with van der Waals surface area (Å²) in [5.41, 5.74) is 4.91. The third-order valence-electron chi connectivity index (χ3n) is 4.83. The van der Waals surface area contributed by atoms with Crippen LogP contribution in [0.5, 0.6) is 11.5 Å². The number of aromatic nitrogens is 2. The number of halogens is 2. The summed E-state index contributed by atoms with van der Waals surface area (Å²) in [7, 11) is 3.33. The van der Waals surface area contributed by atoms with Crippen LogP contribution in [0.1, 0.15) is 5.56 Å². The zero-order valence-electron chi connectivity index (χ0n) is 16.6. The van der Waals surface area contributed by atoms with Gasteiger partial charge in [0.15, 0.2) is 0 Å². The number of nitrogens with zero attached hydrogens (tertiary/aromatic N) is 2. The van der Waals surface area contributed by atoms with Gasteiger partial charge < -0.3 is 9.47 Å². The van der Waals surface area contributed by atoms with E-state index in [0.717, 1.165) is 44.0 Å². The maximum absolute atomic E-state index is 6.06. The summed E-state index contributed by atoms with van der Waals surface area (Å²) in [6, 6.07) is 23.7. The zero-order valence-corrected chi connectivity index (χ0v) is 18.9. The SMILES string of the molecule is COc1cccc(-c2nn(Cc3ccc(Cl)cc3)c(-c3cccc(OC)c3)c2Br)c1. The van der Waals surface area contributed by atoms with Gasteiger partial charge in [-0.3, -0.25) is 4.68 Å². The van der Waals surface area contributed by atoms with Gasteiger partial charge in [0, 0.05) is 16.1 Å². The van der Waals surface area contributed by atoms with E-state index in [1.165, 1.54) is 0 Å². The molecular weight excluding hydrogens is 464 g/mol. The molecule has 0 aliphatic carbocycles. The summed E-state index contributed by atoms with van der Waals surface area (Å²) in [6.07, 6.45) is 0. The van der Waals surface area contributed by atoms with Crippen LogP contribution >= 0.6 is 27.5 Å². The molecule has 4 aromatic rings. The lowest BCUT2D eigenvalue weighted by Crippen LogP contribution is -2.04. The highest BCUT2D eigenvalue weighted by atomic mass is 79.9. The number of methoxy groups -OCH3 is 2. The minimum absolute atomic E-state index is 0.603. The Morgan fingerprint density at radius 1 is 0.867 bits per heavy atom. The van der Waals surface area contributed by atoms with Gasteiger partial charge in [-0.15, -0.1) is 0 Å². The lowest BCUT2D eigenvalue weighted by molar-refractivity contribution is 0.415. The Hall–Kier alpha value is -2.76. The highest BCUT2D eigenvalue weighted by Gasteiger charge is 2.20. The summed E-state index contributed by atoms with van der Waals surface area (Å²) in [4.78, 5) is 0. The summed E-state index contributed by atoms with van der Waals surface area (Å²) in [5, 5.41) is 5.66. The molecule has 4 rings (SSSR count). The maximum atomic E-state index is 6.06. The average molecular weight is 484 g/mol. The molecule has 0 saturated carbocycles. The van der Waals surface area contributed by atoms with Crippen molar-refractivity contribution in [2.75, 3.05) is 14.2 Å². The highest BCUT2D eigenvalue weighted by Crippen LogP contribution is 2.38. The molecule has 0 radical (unpaired) electrons. The molecule has 0 spiro atoms. The van der Waals surface area contributed by atoms with Crippen LogP contribution in [0.25, 0.3) is 22.5 Å². The first-order chi connectivity index (χ1) is 14.6. The molecule has 1 heterocycles. The zero-order chi connectivity index (χ0) is 21.1. The van der Waals surface area contributed by atoms with E-state index in [9.17, 15) is 0 Å². The van der Waals surface area contributed by atoms with E-state index in [-0.39, 0.29) is 0 Å². The highest BCUT2D eigenvalue weighted by molar-refractivity contribution is 9.10. The monoisotopic (exact) mass is 482 g/mol. The number of benzene rings is 3. The van der Waals surface area contributed by atoms with Crippen molar-refractivity contribution in [3.63, 3.8) is 0 Å². The summed E-state index contributed by atoms with van der Waals surface area (Å²) >= 11 is 9.86. The second-order valence-electron chi connectivity index (χ2n) is 6.76. The number of hydrogen-bond acceptors (Lipinski definition) is 3. The molecule has 30 heavy (non-hydrogen) atoms. The molecule has 0 unspecified atom stereocenters. The van der Waals surface area contributed by atoms with Crippen molar-refractivity contribution in [2.24, 2.45) is 0 Å². The van der Waals surface area contributed by atoms with E-state index in [4.69, 9.17) is 26.2 Å². The number of ether oxygens (including phenoxy) is 2. The third kappa shape index (κ3) is 4.23. The fourth-order valence-corrected chi connectivity index (χ4v) is 4.19. The standard InChI is InChI=1S/C24H20BrClN2O2/c1-29-20-7-3-5-17(13-20)23-22(25)24(18-6-4-8-21(14-18)30-2)28(27-23)15-16-9-11-19(26)12-10-16/h3-14H,15H2,1-2H3. The van der Waals surface area contributed by atoms with Gasteiger partial charge in [0.05, 0.1) is 30.9 Å². The average Bonchev–Trinajstić information content (AvgIpc) is 3.11. The molecule has 0 atom stereocenters. The van der Waals surface area contributed by atoms with Gasteiger partial charge in [-0.1, -0.05) is 48.0 Å². The van der Waals surface area contributed by atoms with E-state index in [1.54, 1.807) is 14.2 Å². The van der Waals surface area contributed by atoms with Crippen LogP contribution < -0.4 is 9.47 Å². The van der Waals surface area contributed by atoms with Crippen LogP contribution in [0, 0.1) is 0 Å². The molecule has 0 bridgehead atoms. The summed E-state index contributed by atoms with van der Waals surface area (Å²) in [6.45, 7) is 0.603. The van der Waals surface area contributed by atoms with E-state index in [1.807, 2.05) is 71.4 Å². The Morgan fingerprint density at radius 2 is 1.47 bits per heavy atom. The first-order valence-electron chi connectivity index (χ1n) is 9.38. The topological polar surface area (TPSA) is 36.3 Å². The summed E-state index contributed by atoms with van der Waals surface area (Å²) < 4.78 is 13.7. The van der Waals surface area contributed by atoms with Crippen molar-refractivity contribution in [1.82, 2.24) is 9.78 Å². The van der Waals surface area contributed by atoms with Crippen LogP contribution in [-0.4, -0.2) is 24.0 Å². The van der Waals surface area contributed by atoms with Crippen molar-refractivity contribution < 1.29 is 9.47 Å². The van der Waals surface area contributed by atoms with Crippen LogP contribution in [0.3, 0.4) is 0 Å². The van der Waals surface area contributed by atoms with Crippen LogP contribution in [-0.2, 0) is 6.54 Å². The molecule has 152 valence electrons. The Balaban J connectivity index is 1.86. The predicted octanol–water partition coefficient (Wildman–Crippen LogP) is 6.70. The first kappa shape index (κ1) is 20.5. The molecule has 4 nitrogen and oxygen atoms in total. The number of rotatable bonds is 6. The van der Waals surface area contributed by atoms with E-state index in [0.29, 0.717) is 11.6 Å². The Morgan fingerprint density at radius 3 is 2.10 bits per heavy atom. The quantitative estimate of drug-likeness (QED) is 0.306. The lowest BCUT2D eigenvalue weighted by Gasteiger charge is -2.10. The minimum atomic E-state index is 0.603. The van der Waals surface area contributed by atoms with E-state index < -0.39 is 0 Å². The predicted molar refractivity (Wildman–Crippen MR) is 124 cm³/mol.